The summed E-state index contributed by atoms with van der Waals surface area (Å²) in [5.41, 5.74) is 10.7. The third-order valence-corrected chi connectivity index (χ3v) is 14.0. The highest BCUT2D eigenvalue weighted by molar-refractivity contribution is 5.99. The standard InChI is InChI=1S/C45H49N3O3/c49-36-11-13-38-33(22-36)8-12-37(31-4-2-1-3-5-31)42(38)32-6-9-35(10-7-32)48-20-14-44(15-21-48)25-30(26-44)28-47-18-16-45(17-19-47)29-51-41-24-39-34(23-40(41)45)27-46-43(39)50/h1-7,9-11,13,22-24,30,37,42,49H,8,12,14-21,25-29H2,(H,46,50). The number of hydrogen-bond donors (Lipinski definition) is 2. The smallest absolute Gasteiger partial charge is 0.252 e. The normalized spacial score (nSPS) is 24.8. The molecule has 2 atom stereocenters. The molecule has 0 aromatic heterocycles. The molecule has 4 heterocycles. The third kappa shape index (κ3) is 5.44. The highest BCUT2D eigenvalue weighted by Crippen LogP contribution is 2.54. The van der Waals surface area contributed by atoms with Crippen LogP contribution in [0, 0.1) is 11.3 Å². The van der Waals surface area contributed by atoms with Gasteiger partial charge in [0.25, 0.3) is 5.91 Å². The summed E-state index contributed by atoms with van der Waals surface area (Å²) in [6.07, 6.45) is 9.77. The Morgan fingerprint density at radius 3 is 2.39 bits per heavy atom. The van der Waals surface area contributed by atoms with Gasteiger partial charge in [-0.15, -0.1) is 0 Å². The summed E-state index contributed by atoms with van der Waals surface area (Å²) in [5.74, 6) is 2.90. The Morgan fingerprint density at radius 2 is 1.61 bits per heavy atom. The van der Waals surface area contributed by atoms with Gasteiger partial charge in [0, 0.05) is 54.3 Å². The van der Waals surface area contributed by atoms with Gasteiger partial charge in [0.15, 0.2) is 0 Å². The number of fused-ring (bicyclic) bond motifs is 4. The number of hydrogen-bond acceptors (Lipinski definition) is 5. The third-order valence-electron chi connectivity index (χ3n) is 14.0. The van der Waals surface area contributed by atoms with E-state index in [4.69, 9.17) is 4.74 Å². The molecule has 10 rings (SSSR count). The lowest BCUT2D eigenvalue weighted by atomic mass is 9.57. The minimum absolute atomic E-state index is 0.0347. The van der Waals surface area contributed by atoms with E-state index >= 15 is 0 Å². The van der Waals surface area contributed by atoms with Crippen LogP contribution in [0.5, 0.6) is 11.5 Å². The first-order chi connectivity index (χ1) is 24.9. The summed E-state index contributed by atoms with van der Waals surface area (Å²) in [4.78, 5) is 17.5. The molecule has 51 heavy (non-hydrogen) atoms. The minimum atomic E-state index is 0.0347. The van der Waals surface area contributed by atoms with Crippen molar-refractivity contribution >= 4 is 11.6 Å². The van der Waals surface area contributed by atoms with Crippen LogP contribution in [0.2, 0.25) is 0 Å². The summed E-state index contributed by atoms with van der Waals surface area (Å²) < 4.78 is 6.19. The van der Waals surface area contributed by atoms with E-state index in [2.05, 4.69) is 81.8 Å². The number of amides is 1. The average Bonchev–Trinajstić information content (AvgIpc) is 3.70. The molecule has 2 saturated heterocycles. The number of anilines is 1. The van der Waals surface area contributed by atoms with Gasteiger partial charge in [-0.1, -0.05) is 48.5 Å². The zero-order chi connectivity index (χ0) is 34.2. The Balaban J connectivity index is 0.746. The quantitative estimate of drug-likeness (QED) is 0.225. The van der Waals surface area contributed by atoms with E-state index in [0.29, 0.717) is 29.5 Å². The van der Waals surface area contributed by atoms with E-state index in [-0.39, 0.29) is 11.3 Å². The van der Waals surface area contributed by atoms with Crippen LogP contribution in [0.3, 0.4) is 0 Å². The predicted molar refractivity (Wildman–Crippen MR) is 201 cm³/mol. The fraction of sp³-hybridized carbons (Fsp3) is 0.444. The zero-order valence-corrected chi connectivity index (χ0v) is 29.6. The molecule has 3 fully saturated rings. The van der Waals surface area contributed by atoms with Gasteiger partial charge in [-0.05, 0) is 146 Å². The van der Waals surface area contributed by atoms with Crippen molar-refractivity contribution in [2.75, 3.05) is 44.2 Å². The van der Waals surface area contributed by atoms with E-state index < -0.39 is 0 Å². The van der Waals surface area contributed by atoms with E-state index in [0.717, 1.165) is 81.3 Å². The first kappa shape index (κ1) is 31.4. The number of piperidine rings is 2. The summed E-state index contributed by atoms with van der Waals surface area (Å²) in [5, 5.41) is 13.2. The lowest BCUT2D eigenvalue weighted by Crippen LogP contribution is -2.51. The average molecular weight is 680 g/mol. The van der Waals surface area contributed by atoms with E-state index in [1.807, 2.05) is 18.2 Å². The molecule has 2 unspecified atom stereocenters. The van der Waals surface area contributed by atoms with Gasteiger partial charge in [0.2, 0.25) is 0 Å². The second-order valence-electron chi connectivity index (χ2n) is 16.8. The molecular formula is C45H49N3O3. The predicted octanol–water partition coefficient (Wildman–Crippen LogP) is 7.92. The van der Waals surface area contributed by atoms with Crippen LogP contribution in [-0.2, 0) is 18.4 Å². The van der Waals surface area contributed by atoms with Gasteiger partial charge in [0.05, 0.1) is 6.61 Å². The number of aryl methyl sites for hydroxylation is 1. The Labute approximate surface area is 301 Å². The van der Waals surface area contributed by atoms with Crippen molar-refractivity contribution in [2.24, 2.45) is 11.3 Å². The van der Waals surface area contributed by atoms with Crippen molar-refractivity contribution in [2.45, 2.75) is 75.2 Å². The molecule has 4 aromatic rings. The second-order valence-corrected chi connectivity index (χ2v) is 16.8. The Morgan fingerprint density at radius 1 is 0.824 bits per heavy atom. The SMILES string of the molecule is O=C1NCc2cc3c(cc21)OCC31CCN(CC2CC3(CCN(c4ccc(C5c6ccc(O)cc6CCC5c5ccccc5)cc4)CC3)C2)CC1. The fourth-order valence-corrected chi connectivity index (χ4v) is 11.1. The number of phenols is 1. The van der Waals surface area contributed by atoms with Crippen LogP contribution in [0.15, 0.2) is 84.9 Å². The summed E-state index contributed by atoms with van der Waals surface area (Å²) in [6, 6.07) is 30.8. The maximum atomic E-state index is 12.2. The number of carbonyl (C=O) groups is 1. The molecule has 4 aliphatic heterocycles. The van der Waals surface area contributed by atoms with E-state index in [9.17, 15) is 9.90 Å². The van der Waals surface area contributed by atoms with Crippen molar-refractivity contribution < 1.29 is 14.6 Å². The summed E-state index contributed by atoms with van der Waals surface area (Å²) in [6.45, 7) is 7.25. The van der Waals surface area contributed by atoms with Crippen molar-refractivity contribution in [3.8, 4) is 11.5 Å². The van der Waals surface area contributed by atoms with Crippen LogP contribution in [-0.4, -0.2) is 55.2 Å². The van der Waals surface area contributed by atoms with Gasteiger partial charge in [-0.3, -0.25) is 4.79 Å². The topological polar surface area (TPSA) is 65.0 Å². The molecule has 2 N–H and O–H groups in total. The van der Waals surface area contributed by atoms with Gasteiger partial charge >= 0.3 is 0 Å². The molecule has 0 radical (unpaired) electrons. The first-order valence-corrected chi connectivity index (χ1v) is 19.5. The lowest BCUT2D eigenvalue weighted by molar-refractivity contribution is -0.000649. The van der Waals surface area contributed by atoms with Crippen molar-refractivity contribution in [1.29, 1.82) is 0 Å². The van der Waals surface area contributed by atoms with Crippen LogP contribution >= 0.6 is 0 Å². The van der Waals surface area contributed by atoms with Gasteiger partial charge < -0.3 is 25.0 Å². The highest BCUT2D eigenvalue weighted by Gasteiger charge is 2.48. The minimum Gasteiger partial charge on any atom is -0.508 e. The van der Waals surface area contributed by atoms with Gasteiger partial charge in [-0.25, -0.2) is 0 Å². The molecule has 0 bridgehead atoms. The van der Waals surface area contributed by atoms with E-state index in [1.165, 1.54) is 65.7 Å². The molecule has 6 heteroatoms. The summed E-state index contributed by atoms with van der Waals surface area (Å²) >= 11 is 0. The van der Waals surface area contributed by atoms with Gasteiger partial charge in [0.1, 0.15) is 11.5 Å². The monoisotopic (exact) mass is 679 g/mol. The second kappa shape index (κ2) is 12.2. The maximum Gasteiger partial charge on any atom is 0.252 e. The fourth-order valence-electron chi connectivity index (χ4n) is 11.1. The number of nitrogens with one attached hydrogen (secondary N) is 1. The Bertz CT molecular complexity index is 1950. The van der Waals surface area contributed by atoms with Crippen LogP contribution in [0.1, 0.15) is 101 Å². The highest BCUT2D eigenvalue weighted by atomic mass is 16.5. The number of carbonyl (C=O) groups excluding carboxylic acids is 1. The number of aromatic hydroxyl groups is 1. The first-order valence-electron chi connectivity index (χ1n) is 19.5. The van der Waals surface area contributed by atoms with Gasteiger partial charge in [-0.2, -0.15) is 0 Å². The van der Waals surface area contributed by atoms with Crippen molar-refractivity contribution in [3.05, 3.63) is 124 Å². The van der Waals surface area contributed by atoms with Crippen LogP contribution in [0.4, 0.5) is 5.69 Å². The Kier molecular flexibility index (Phi) is 7.49. The Hall–Kier alpha value is -4.29. The molecule has 2 spiro atoms. The van der Waals surface area contributed by atoms with Crippen LogP contribution < -0.4 is 15.0 Å². The van der Waals surface area contributed by atoms with E-state index in [1.54, 1.807) is 0 Å². The number of phenolic OH excluding ortho intramolecular Hbond substituents is 1. The number of benzene rings is 4. The number of rotatable bonds is 5. The number of ether oxygens (including phenoxy) is 1. The maximum absolute atomic E-state index is 12.2. The molecule has 2 aliphatic carbocycles. The molecule has 1 saturated carbocycles. The molecule has 6 aliphatic rings. The molecule has 4 aromatic carbocycles. The molecule has 262 valence electrons. The summed E-state index contributed by atoms with van der Waals surface area (Å²) in [7, 11) is 0. The molecular weight excluding hydrogens is 631 g/mol. The molecule has 1 amide bonds. The zero-order valence-electron chi connectivity index (χ0n) is 29.6. The lowest BCUT2D eigenvalue weighted by Gasteiger charge is -2.54. The molecule has 6 nitrogen and oxygen atoms in total. The van der Waals surface area contributed by atoms with Crippen molar-refractivity contribution in [1.82, 2.24) is 10.2 Å². The number of likely N-dealkylation sites (tertiary alicyclic amines) is 1. The number of nitrogens with zero attached hydrogens (tertiary/aromatic N) is 2. The van der Waals surface area contributed by atoms with Crippen molar-refractivity contribution in [3.63, 3.8) is 0 Å². The largest absolute Gasteiger partial charge is 0.508 e. The van der Waals surface area contributed by atoms with Crippen LogP contribution in [0.25, 0.3) is 0 Å².